The van der Waals surface area contributed by atoms with E-state index in [0.717, 1.165) is 5.56 Å². The molecular formula is C18H23B2BrClNO4. The summed E-state index contributed by atoms with van der Waals surface area (Å²) in [5.74, 6) is 0. The second kappa shape index (κ2) is 9.07. The number of pyridine rings is 1. The van der Waals surface area contributed by atoms with E-state index < -0.39 is 25.4 Å². The Labute approximate surface area is 174 Å². The molecule has 0 aliphatic rings. The number of rotatable bonds is 8. The van der Waals surface area contributed by atoms with Gasteiger partial charge in [-0.25, -0.2) is 4.98 Å². The van der Waals surface area contributed by atoms with Gasteiger partial charge in [0.2, 0.25) is 0 Å². The molecule has 1 aromatic carbocycles. The Hall–Kier alpha value is -0.890. The van der Waals surface area contributed by atoms with Crippen LogP contribution in [0.15, 0.2) is 42.5 Å². The molecule has 144 valence electrons. The average Bonchev–Trinajstić information content (AvgIpc) is 2.60. The standard InChI is InChI=1S/C18H23B2BrClNO4/c1-17(2,26-19(24)14-8-5-7-13(11-14)12-21)18(3,4)27-20(25)15-9-6-10-16(22)23-15/h5-11,24-25H,12H2,1-4H3. The number of nitrogens with zero attached hydrogens (tertiary/aromatic N) is 1. The van der Waals surface area contributed by atoms with Gasteiger partial charge in [0.05, 0.1) is 16.8 Å². The number of alkyl halides is 1. The normalized spacial score (nSPS) is 12.1. The fourth-order valence-electron chi connectivity index (χ4n) is 2.36. The summed E-state index contributed by atoms with van der Waals surface area (Å²) in [5.41, 5.74) is 0.0941. The number of hydrogen-bond acceptors (Lipinski definition) is 5. The van der Waals surface area contributed by atoms with Crippen molar-refractivity contribution in [1.82, 2.24) is 4.98 Å². The molecule has 1 heterocycles. The van der Waals surface area contributed by atoms with Crippen molar-refractivity contribution in [2.24, 2.45) is 0 Å². The Morgan fingerprint density at radius 3 is 2.19 bits per heavy atom. The molecule has 0 saturated carbocycles. The zero-order valence-corrected chi connectivity index (χ0v) is 18.2. The van der Waals surface area contributed by atoms with Crippen molar-refractivity contribution >= 4 is 52.8 Å². The second-order valence-electron chi connectivity index (χ2n) is 7.22. The van der Waals surface area contributed by atoms with Crippen molar-refractivity contribution in [2.45, 2.75) is 44.2 Å². The van der Waals surface area contributed by atoms with Gasteiger partial charge in [-0.1, -0.05) is 57.9 Å². The van der Waals surface area contributed by atoms with Crippen LogP contribution in [0.4, 0.5) is 0 Å². The van der Waals surface area contributed by atoms with Crippen LogP contribution in [-0.4, -0.2) is 40.5 Å². The van der Waals surface area contributed by atoms with Gasteiger partial charge in [-0.05, 0) is 50.9 Å². The molecule has 2 rings (SSSR count). The predicted molar refractivity (Wildman–Crippen MR) is 114 cm³/mol. The van der Waals surface area contributed by atoms with Gasteiger partial charge >= 0.3 is 14.2 Å². The van der Waals surface area contributed by atoms with E-state index in [2.05, 4.69) is 20.9 Å². The first-order chi connectivity index (χ1) is 12.6. The molecule has 0 spiro atoms. The summed E-state index contributed by atoms with van der Waals surface area (Å²) >= 11 is 9.28. The molecule has 0 unspecified atom stereocenters. The molecule has 2 N–H and O–H groups in total. The lowest BCUT2D eigenvalue weighted by molar-refractivity contribution is -0.0894. The summed E-state index contributed by atoms with van der Waals surface area (Å²) in [5, 5.41) is 21.9. The Morgan fingerprint density at radius 1 is 1.00 bits per heavy atom. The molecule has 0 atom stereocenters. The van der Waals surface area contributed by atoms with Crippen LogP contribution >= 0.6 is 27.5 Å². The first kappa shape index (κ1) is 22.4. The molecule has 9 heteroatoms. The number of hydrogen-bond donors (Lipinski definition) is 2. The lowest BCUT2D eigenvalue weighted by Gasteiger charge is -2.43. The first-order valence-corrected chi connectivity index (χ1v) is 10.0. The monoisotopic (exact) mass is 453 g/mol. The van der Waals surface area contributed by atoms with Gasteiger partial charge in [0.15, 0.2) is 0 Å². The van der Waals surface area contributed by atoms with Gasteiger partial charge < -0.3 is 19.4 Å². The minimum absolute atomic E-state index is 0.269. The topological polar surface area (TPSA) is 71.8 Å². The van der Waals surface area contributed by atoms with Crippen LogP contribution in [0.3, 0.4) is 0 Å². The lowest BCUT2D eigenvalue weighted by Crippen LogP contribution is -2.58. The van der Waals surface area contributed by atoms with Gasteiger partial charge in [-0.15, -0.1) is 0 Å². The molecular weight excluding hydrogens is 431 g/mol. The highest BCUT2D eigenvalue weighted by molar-refractivity contribution is 9.08. The molecule has 2 aromatic rings. The Kier molecular flexibility index (Phi) is 7.53. The smallest absolute Gasteiger partial charge is 0.423 e. The third kappa shape index (κ3) is 5.79. The predicted octanol–water partition coefficient (Wildman–Crippen LogP) is 2.30. The minimum Gasteiger partial charge on any atom is -0.423 e. The summed E-state index contributed by atoms with van der Waals surface area (Å²) in [6.45, 7) is 7.15. The van der Waals surface area contributed by atoms with Crippen LogP contribution < -0.4 is 11.1 Å². The largest absolute Gasteiger partial charge is 0.511 e. The van der Waals surface area contributed by atoms with Crippen LogP contribution in [0.2, 0.25) is 5.15 Å². The van der Waals surface area contributed by atoms with Crippen molar-refractivity contribution < 1.29 is 19.4 Å². The van der Waals surface area contributed by atoms with E-state index in [1.807, 2.05) is 18.2 Å². The molecule has 0 aliphatic carbocycles. The molecule has 0 fully saturated rings. The maximum absolute atomic E-state index is 10.5. The Morgan fingerprint density at radius 2 is 1.59 bits per heavy atom. The maximum atomic E-state index is 10.5. The minimum atomic E-state index is -1.28. The fourth-order valence-corrected chi connectivity index (χ4v) is 2.88. The molecule has 0 radical (unpaired) electrons. The first-order valence-electron chi connectivity index (χ1n) is 8.55. The van der Waals surface area contributed by atoms with Crippen molar-refractivity contribution in [1.29, 1.82) is 0 Å². The van der Waals surface area contributed by atoms with Gasteiger partial charge in [0.1, 0.15) is 5.15 Å². The van der Waals surface area contributed by atoms with Crippen LogP contribution in [-0.2, 0) is 14.6 Å². The van der Waals surface area contributed by atoms with E-state index >= 15 is 0 Å². The van der Waals surface area contributed by atoms with Crippen LogP contribution in [0.1, 0.15) is 33.3 Å². The summed E-state index contributed by atoms with van der Waals surface area (Å²) in [6, 6.07) is 12.4. The van der Waals surface area contributed by atoms with Gasteiger partial charge in [0.25, 0.3) is 0 Å². The average molecular weight is 454 g/mol. The van der Waals surface area contributed by atoms with E-state index in [1.165, 1.54) is 0 Å². The molecule has 0 saturated heterocycles. The molecule has 27 heavy (non-hydrogen) atoms. The van der Waals surface area contributed by atoms with E-state index in [9.17, 15) is 10.0 Å². The van der Waals surface area contributed by atoms with E-state index in [1.54, 1.807) is 52.0 Å². The van der Waals surface area contributed by atoms with Crippen LogP contribution in [0.5, 0.6) is 0 Å². The Balaban J connectivity index is 2.12. The molecule has 0 aliphatic heterocycles. The van der Waals surface area contributed by atoms with Gasteiger partial charge in [-0.3, -0.25) is 0 Å². The second-order valence-corrected chi connectivity index (χ2v) is 8.17. The van der Waals surface area contributed by atoms with E-state index in [-0.39, 0.29) is 5.15 Å². The third-order valence-corrected chi connectivity index (χ3v) is 5.50. The fraction of sp³-hybridized carbons (Fsp3) is 0.389. The summed E-state index contributed by atoms with van der Waals surface area (Å²) in [6.07, 6.45) is 0. The maximum Gasteiger partial charge on any atom is 0.511 e. The SMILES string of the molecule is CC(C)(OB(O)c1cccc(CBr)c1)C(C)(C)OB(O)c1cccc(Cl)n1. The summed E-state index contributed by atoms with van der Waals surface area (Å²) in [7, 11) is -2.42. The van der Waals surface area contributed by atoms with Crippen molar-refractivity contribution in [3.63, 3.8) is 0 Å². The lowest BCUT2D eigenvalue weighted by atomic mass is 9.75. The third-order valence-electron chi connectivity index (χ3n) is 4.64. The summed E-state index contributed by atoms with van der Waals surface area (Å²) < 4.78 is 11.7. The van der Waals surface area contributed by atoms with Crippen LogP contribution in [0, 0.1) is 0 Å². The van der Waals surface area contributed by atoms with E-state index in [4.69, 9.17) is 20.9 Å². The highest BCUT2D eigenvalue weighted by atomic mass is 79.9. The molecule has 5 nitrogen and oxygen atoms in total. The van der Waals surface area contributed by atoms with Crippen molar-refractivity contribution in [3.8, 4) is 0 Å². The highest BCUT2D eigenvalue weighted by Crippen LogP contribution is 2.30. The highest BCUT2D eigenvalue weighted by Gasteiger charge is 2.44. The number of benzene rings is 1. The quantitative estimate of drug-likeness (QED) is 0.364. The molecule has 1 aromatic heterocycles. The molecule has 0 amide bonds. The van der Waals surface area contributed by atoms with Crippen LogP contribution in [0.25, 0.3) is 0 Å². The Bertz CT molecular complexity index is 779. The summed E-state index contributed by atoms with van der Waals surface area (Å²) in [4.78, 5) is 4.06. The molecule has 0 bridgehead atoms. The van der Waals surface area contributed by atoms with Crippen molar-refractivity contribution in [3.05, 3.63) is 53.2 Å². The van der Waals surface area contributed by atoms with Crippen molar-refractivity contribution in [2.75, 3.05) is 0 Å². The van der Waals surface area contributed by atoms with Gasteiger partial charge in [0, 0.05) is 5.33 Å². The number of halogens is 2. The van der Waals surface area contributed by atoms with Gasteiger partial charge in [-0.2, -0.15) is 0 Å². The zero-order valence-electron chi connectivity index (χ0n) is 15.8. The van der Waals surface area contributed by atoms with E-state index in [0.29, 0.717) is 16.4 Å². The zero-order chi connectivity index (χ0) is 20.2. The number of aromatic nitrogens is 1.